The van der Waals surface area contributed by atoms with Gasteiger partial charge in [-0.3, -0.25) is 0 Å². The number of amides is 1. The highest BCUT2D eigenvalue weighted by Gasteiger charge is 2.38. The molecule has 0 aliphatic carbocycles. The number of hydrogen-bond acceptors (Lipinski definition) is 7. The van der Waals surface area contributed by atoms with Crippen LogP contribution in [0.1, 0.15) is 39.3 Å². The minimum atomic E-state index is -4.76. The van der Waals surface area contributed by atoms with Crippen LogP contribution < -0.4 is 9.64 Å². The van der Waals surface area contributed by atoms with Crippen molar-refractivity contribution in [3.8, 4) is 11.6 Å². The van der Waals surface area contributed by atoms with Gasteiger partial charge in [0.1, 0.15) is 17.2 Å². The average Bonchev–Trinajstić information content (AvgIpc) is 2.72. The van der Waals surface area contributed by atoms with Crippen LogP contribution in [-0.4, -0.2) is 64.0 Å². The summed E-state index contributed by atoms with van der Waals surface area (Å²) in [5.41, 5.74) is -3.16. The highest BCUT2D eigenvalue weighted by atomic mass is 19.4. The summed E-state index contributed by atoms with van der Waals surface area (Å²) in [4.78, 5) is 22.7. The molecule has 0 saturated carbocycles. The Kier molecular flexibility index (Phi) is 7.44. The Hall–Kier alpha value is -3.15. The molecule has 1 aromatic heterocycles. The molecule has 1 aliphatic rings. The van der Waals surface area contributed by atoms with Gasteiger partial charge in [0.05, 0.1) is 12.1 Å². The third-order valence-electron chi connectivity index (χ3n) is 5.21. The number of anilines is 1. The zero-order chi connectivity index (χ0) is 26.0. The number of piperidine rings is 1. The predicted octanol–water partition coefficient (Wildman–Crippen LogP) is 4.63. The second kappa shape index (κ2) is 9.84. The number of aromatic nitrogens is 2. The van der Waals surface area contributed by atoms with Gasteiger partial charge in [-0.2, -0.15) is 18.2 Å². The van der Waals surface area contributed by atoms with Gasteiger partial charge < -0.3 is 24.4 Å². The van der Waals surface area contributed by atoms with E-state index >= 15 is 0 Å². The van der Waals surface area contributed by atoms with E-state index in [1.54, 1.807) is 20.8 Å². The molecule has 2 heterocycles. The number of hydrogen-bond donors (Lipinski definition) is 1. The Morgan fingerprint density at radius 2 is 1.83 bits per heavy atom. The molecule has 0 atom stereocenters. The van der Waals surface area contributed by atoms with Gasteiger partial charge in [0.2, 0.25) is 11.8 Å². The molecule has 192 valence electrons. The highest BCUT2D eigenvalue weighted by molar-refractivity contribution is 5.67. The van der Waals surface area contributed by atoms with E-state index in [4.69, 9.17) is 9.47 Å². The van der Waals surface area contributed by atoms with Gasteiger partial charge in [0.15, 0.2) is 5.69 Å². The van der Waals surface area contributed by atoms with Crippen LogP contribution in [0.15, 0.2) is 30.3 Å². The molecular weight excluding hydrogens is 472 g/mol. The summed E-state index contributed by atoms with van der Waals surface area (Å²) in [6.07, 6.45) is -5.04. The number of rotatable bonds is 5. The molecule has 0 spiro atoms. The van der Waals surface area contributed by atoms with Crippen LogP contribution in [0.3, 0.4) is 0 Å². The molecule has 1 saturated heterocycles. The quantitative estimate of drug-likeness (QED) is 0.599. The first-order chi connectivity index (χ1) is 16.1. The van der Waals surface area contributed by atoms with Crippen LogP contribution in [0.2, 0.25) is 0 Å². The number of likely N-dealkylation sites (N-methyl/N-ethyl adjacent to an activating group) is 1. The normalized spacial score (nSPS) is 16.1. The lowest BCUT2D eigenvalue weighted by atomic mass is 9.91. The monoisotopic (exact) mass is 500 g/mol. The van der Waals surface area contributed by atoms with E-state index in [9.17, 15) is 27.5 Å². The van der Waals surface area contributed by atoms with E-state index in [0.29, 0.717) is 6.07 Å². The number of aliphatic hydroxyl groups is 1. The van der Waals surface area contributed by atoms with Crippen molar-refractivity contribution >= 4 is 12.0 Å². The summed E-state index contributed by atoms with van der Waals surface area (Å²) in [6, 6.07) is 5.59. The molecule has 1 fully saturated rings. The second-order valence-electron chi connectivity index (χ2n) is 9.50. The fourth-order valence-electron chi connectivity index (χ4n) is 3.53. The molecule has 3 rings (SSSR count). The lowest BCUT2D eigenvalue weighted by Crippen LogP contribution is -2.52. The van der Waals surface area contributed by atoms with Gasteiger partial charge in [-0.15, -0.1) is 0 Å². The first-order valence-corrected chi connectivity index (χ1v) is 10.9. The molecule has 1 aromatic carbocycles. The van der Waals surface area contributed by atoms with Crippen molar-refractivity contribution in [2.75, 3.05) is 31.6 Å². The Bertz CT molecular complexity index is 1050. The zero-order valence-corrected chi connectivity index (χ0v) is 19.9. The fourth-order valence-corrected chi connectivity index (χ4v) is 3.53. The largest absolute Gasteiger partial charge is 0.444 e. The first kappa shape index (κ1) is 26.5. The van der Waals surface area contributed by atoms with Crippen molar-refractivity contribution in [2.24, 2.45) is 0 Å². The van der Waals surface area contributed by atoms with E-state index in [0.717, 1.165) is 6.07 Å². The Labute approximate surface area is 200 Å². The van der Waals surface area contributed by atoms with Crippen molar-refractivity contribution < 1.29 is 36.9 Å². The van der Waals surface area contributed by atoms with Crippen molar-refractivity contribution in [1.82, 2.24) is 14.9 Å². The second-order valence-corrected chi connectivity index (χ2v) is 9.50. The summed E-state index contributed by atoms with van der Waals surface area (Å²) in [6.45, 7) is 5.46. The molecule has 1 amide bonds. The Morgan fingerprint density at radius 1 is 1.17 bits per heavy atom. The van der Waals surface area contributed by atoms with Crippen molar-refractivity contribution in [1.29, 1.82) is 0 Å². The molecule has 35 heavy (non-hydrogen) atoms. The van der Waals surface area contributed by atoms with Gasteiger partial charge in [-0.25, -0.2) is 14.2 Å². The number of ether oxygens (including phenoxy) is 2. The summed E-state index contributed by atoms with van der Waals surface area (Å²) in [5.74, 6) is -1.24. The third-order valence-corrected chi connectivity index (χ3v) is 5.21. The summed E-state index contributed by atoms with van der Waals surface area (Å²) >= 11 is 0. The SMILES string of the molecule is CN(CC1(O)CCN(c2nc(Oc3cccc(F)c3)cc(C(F)(F)F)n2)CC1)C(=O)OC(C)(C)C. The van der Waals surface area contributed by atoms with Gasteiger partial charge in [-0.05, 0) is 45.7 Å². The van der Waals surface area contributed by atoms with Crippen LogP contribution in [0.5, 0.6) is 11.6 Å². The fraction of sp³-hybridized carbons (Fsp3) is 0.522. The number of alkyl halides is 3. The molecule has 0 bridgehead atoms. The minimum Gasteiger partial charge on any atom is -0.444 e. The molecule has 1 aliphatic heterocycles. The van der Waals surface area contributed by atoms with Crippen LogP contribution in [0.4, 0.5) is 28.3 Å². The zero-order valence-electron chi connectivity index (χ0n) is 19.9. The smallest absolute Gasteiger partial charge is 0.433 e. The molecule has 1 N–H and O–H groups in total. The number of nitrogens with zero attached hydrogens (tertiary/aromatic N) is 4. The third kappa shape index (κ3) is 7.41. The standard InChI is InChI=1S/C23H28F4N4O4/c1-21(2,3)35-20(32)30(4)14-22(33)8-10-31(11-9-22)19-28-17(23(25,26)27)13-18(29-19)34-16-7-5-6-15(24)12-16/h5-7,12-13,33H,8-11,14H2,1-4H3. The minimum absolute atomic E-state index is 0.00681. The van der Waals surface area contributed by atoms with E-state index in [-0.39, 0.29) is 44.2 Å². The van der Waals surface area contributed by atoms with Crippen LogP contribution in [0, 0.1) is 5.82 Å². The van der Waals surface area contributed by atoms with E-state index in [1.165, 1.54) is 35.0 Å². The topological polar surface area (TPSA) is 88.0 Å². The predicted molar refractivity (Wildman–Crippen MR) is 119 cm³/mol. The number of halogens is 4. The lowest BCUT2D eigenvalue weighted by Gasteiger charge is -2.40. The maximum atomic E-state index is 13.5. The van der Waals surface area contributed by atoms with Crippen molar-refractivity contribution in [3.63, 3.8) is 0 Å². The lowest BCUT2D eigenvalue weighted by molar-refractivity contribution is -0.141. The van der Waals surface area contributed by atoms with E-state index in [1.807, 2.05) is 0 Å². The number of carbonyl (C=O) groups excluding carboxylic acids is 1. The van der Waals surface area contributed by atoms with Crippen molar-refractivity contribution in [2.45, 2.75) is 51.0 Å². The molecule has 0 unspecified atom stereocenters. The Balaban J connectivity index is 1.74. The van der Waals surface area contributed by atoms with Gasteiger partial charge in [-0.1, -0.05) is 6.07 Å². The molecule has 0 radical (unpaired) electrons. The van der Waals surface area contributed by atoms with E-state index < -0.39 is 40.9 Å². The van der Waals surface area contributed by atoms with Crippen LogP contribution >= 0.6 is 0 Å². The van der Waals surface area contributed by atoms with Crippen molar-refractivity contribution in [3.05, 3.63) is 41.8 Å². The summed E-state index contributed by atoms with van der Waals surface area (Å²) in [7, 11) is 1.50. The van der Waals surface area contributed by atoms with Gasteiger partial charge in [0, 0.05) is 32.3 Å². The summed E-state index contributed by atoms with van der Waals surface area (Å²) < 4.78 is 64.5. The number of benzene rings is 1. The maximum Gasteiger partial charge on any atom is 0.433 e. The summed E-state index contributed by atoms with van der Waals surface area (Å²) in [5, 5.41) is 11.0. The molecule has 8 nitrogen and oxygen atoms in total. The maximum absolute atomic E-state index is 13.5. The number of carbonyl (C=O) groups is 1. The molecular formula is C23H28F4N4O4. The van der Waals surface area contributed by atoms with Gasteiger partial charge in [0.25, 0.3) is 0 Å². The van der Waals surface area contributed by atoms with Crippen LogP contribution in [0.25, 0.3) is 0 Å². The van der Waals surface area contributed by atoms with Gasteiger partial charge >= 0.3 is 12.3 Å². The molecule has 12 heteroatoms. The first-order valence-electron chi connectivity index (χ1n) is 10.9. The molecule has 2 aromatic rings. The Morgan fingerprint density at radius 3 is 2.40 bits per heavy atom. The highest BCUT2D eigenvalue weighted by Crippen LogP contribution is 2.34. The van der Waals surface area contributed by atoms with E-state index in [2.05, 4.69) is 9.97 Å². The van der Waals surface area contributed by atoms with Crippen LogP contribution in [-0.2, 0) is 10.9 Å². The average molecular weight is 500 g/mol.